The first-order valence-corrected chi connectivity index (χ1v) is 7.05. The Morgan fingerprint density at radius 1 is 1.11 bits per heavy atom. The molecule has 18 heavy (non-hydrogen) atoms. The predicted molar refractivity (Wildman–Crippen MR) is 81.2 cm³/mol. The molecule has 1 aromatic carbocycles. The van der Waals surface area contributed by atoms with E-state index in [4.69, 9.17) is 17.3 Å². The molecule has 0 aliphatic rings. The number of anilines is 1. The van der Waals surface area contributed by atoms with Crippen molar-refractivity contribution >= 4 is 17.3 Å². The predicted octanol–water partition coefficient (Wildman–Crippen LogP) is 3.92. The molecule has 0 aliphatic carbocycles. The lowest BCUT2D eigenvalue weighted by Crippen LogP contribution is -2.31. The summed E-state index contributed by atoms with van der Waals surface area (Å²) in [6, 6.07) is 6.19. The van der Waals surface area contributed by atoms with Gasteiger partial charge >= 0.3 is 0 Å². The number of nitrogens with zero attached hydrogens (tertiary/aromatic N) is 1. The Morgan fingerprint density at radius 3 is 2.06 bits per heavy atom. The van der Waals surface area contributed by atoms with Crippen LogP contribution in [0.25, 0.3) is 0 Å². The monoisotopic (exact) mass is 268 g/mol. The SMILES string of the molecule is CC(C)CN(CC(C)C)c1ccc(CN)c(Cl)c1. The van der Waals surface area contributed by atoms with E-state index in [9.17, 15) is 0 Å². The van der Waals surface area contributed by atoms with Gasteiger partial charge in [-0.05, 0) is 29.5 Å². The number of hydrogen-bond donors (Lipinski definition) is 1. The third-order valence-corrected chi connectivity index (χ3v) is 3.14. The highest BCUT2D eigenvalue weighted by atomic mass is 35.5. The Balaban J connectivity index is 2.93. The average Bonchev–Trinajstić information content (AvgIpc) is 2.26. The Morgan fingerprint density at radius 2 is 1.67 bits per heavy atom. The highest BCUT2D eigenvalue weighted by molar-refractivity contribution is 6.31. The molecule has 0 spiro atoms. The fourth-order valence-corrected chi connectivity index (χ4v) is 2.32. The number of benzene rings is 1. The molecule has 0 radical (unpaired) electrons. The van der Waals surface area contributed by atoms with E-state index in [0.29, 0.717) is 18.4 Å². The van der Waals surface area contributed by atoms with Gasteiger partial charge in [0, 0.05) is 30.3 Å². The Bertz CT molecular complexity index is 365. The zero-order valence-corrected chi connectivity index (χ0v) is 12.7. The molecule has 1 aromatic rings. The Labute approximate surface area is 116 Å². The summed E-state index contributed by atoms with van der Waals surface area (Å²) in [6.07, 6.45) is 0. The van der Waals surface area contributed by atoms with E-state index in [2.05, 4.69) is 38.7 Å². The minimum Gasteiger partial charge on any atom is -0.371 e. The van der Waals surface area contributed by atoms with Crippen LogP contribution in [0.5, 0.6) is 0 Å². The van der Waals surface area contributed by atoms with E-state index in [1.165, 1.54) is 5.69 Å². The first kappa shape index (κ1) is 15.3. The Kier molecular flexibility index (Phi) is 5.97. The van der Waals surface area contributed by atoms with Gasteiger partial charge in [-0.3, -0.25) is 0 Å². The van der Waals surface area contributed by atoms with Crippen molar-refractivity contribution in [2.24, 2.45) is 17.6 Å². The molecule has 0 saturated carbocycles. The van der Waals surface area contributed by atoms with Gasteiger partial charge in [-0.25, -0.2) is 0 Å². The van der Waals surface area contributed by atoms with Crippen molar-refractivity contribution in [1.82, 2.24) is 0 Å². The molecule has 1 rings (SSSR count). The summed E-state index contributed by atoms with van der Waals surface area (Å²) in [4.78, 5) is 2.40. The molecular formula is C15H25ClN2. The minimum atomic E-state index is 0.494. The molecule has 0 fully saturated rings. The molecular weight excluding hydrogens is 244 g/mol. The van der Waals surface area contributed by atoms with Gasteiger partial charge in [-0.1, -0.05) is 45.4 Å². The zero-order chi connectivity index (χ0) is 13.7. The smallest absolute Gasteiger partial charge is 0.0471 e. The maximum atomic E-state index is 6.24. The quantitative estimate of drug-likeness (QED) is 0.847. The second-order valence-electron chi connectivity index (χ2n) is 5.67. The molecule has 0 aromatic heterocycles. The normalized spacial score (nSPS) is 11.3. The molecule has 0 atom stereocenters. The van der Waals surface area contributed by atoms with Crippen LogP contribution in [0.2, 0.25) is 5.02 Å². The number of rotatable bonds is 6. The van der Waals surface area contributed by atoms with Crippen LogP contribution in [-0.2, 0) is 6.54 Å². The zero-order valence-electron chi connectivity index (χ0n) is 11.9. The van der Waals surface area contributed by atoms with Gasteiger partial charge in [0.1, 0.15) is 0 Å². The first-order valence-electron chi connectivity index (χ1n) is 6.67. The van der Waals surface area contributed by atoms with Gasteiger partial charge in [0.15, 0.2) is 0 Å². The summed E-state index contributed by atoms with van der Waals surface area (Å²) >= 11 is 6.24. The third-order valence-electron chi connectivity index (χ3n) is 2.79. The molecule has 0 aliphatic heterocycles. The van der Waals surface area contributed by atoms with Gasteiger partial charge in [0.2, 0.25) is 0 Å². The van der Waals surface area contributed by atoms with E-state index < -0.39 is 0 Å². The summed E-state index contributed by atoms with van der Waals surface area (Å²) < 4.78 is 0. The summed E-state index contributed by atoms with van der Waals surface area (Å²) in [6.45, 7) is 11.6. The van der Waals surface area contributed by atoms with Gasteiger partial charge in [0.25, 0.3) is 0 Å². The third kappa shape index (κ3) is 4.51. The summed E-state index contributed by atoms with van der Waals surface area (Å²) in [5.74, 6) is 1.27. The molecule has 0 amide bonds. The maximum absolute atomic E-state index is 6.24. The van der Waals surface area contributed by atoms with E-state index in [1.807, 2.05) is 12.1 Å². The molecule has 2 N–H and O–H groups in total. The fraction of sp³-hybridized carbons (Fsp3) is 0.600. The fourth-order valence-electron chi connectivity index (χ4n) is 2.07. The van der Waals surface area contributed by atoms with Crippen LogP contribution in [0.1, 0.15) is 33.3 Å². The highest BCUT2D eigenvalue weighted by Crippen LogP contribution is 2.25. The summed E-state index contributed by atoms with van der Waals surface area (Å²) in [5.41, 5.74) is 7.84. The van der Waals surface area contributed by atoms with Crippen LogP contribution in [0, 0.1) is 11.8 Å². The van der Waals surface area contributed by atoms with Crippen molar-refractivity contribution in [2.75, 3.05) is 18.0 Å². The van der Waals surface area contributed by atoms with Crippen LogP contribution in [0.15, 0.2) is 18.2 Å². The largest absolute Gasteiger partial charge is 0.371 e. The maximum Gasteiger partial charge on any atom is 0.0471 e. The highest BCUT2D eigenvalue weighted by Gasteiger charge is 2.11. The van der Waals surface area contributed by atoms with Crippen LogP contribution in [0.3, 0.4) is 0 Å². The molecule has 0 bridgehead atoms. The topological polar surface area (TPSA) is 29.3 Å². The van der Waals surface area contributed by atoms with E-state index in [0.717, 1.165) is 23.7 Å². The standard InChI is InChI=1S/C15H25ClN2/c1-11(2)9-18(10-12(3)4)14-6-5-13(8-17)15(16)7-14/h5-7,11-12H,8-10,17H2,1-4H3. The van der Waals surface area contributed by atoms with Crippen molar-refractivity contribution in [2.45, 2.75) is 34.2 Å². The average molecular weight is 269 g/mol. The van der Waals surface area contributed by atoms with E-state index in [1.54, 1.807) is 0 Å². The molecule has 0 saturated heterocycles. The van der Waals surface area contributed by atoms with Crippen LogP contribution in [-0.4, -0.2) is 13.1 Å². The van der Waals surface area contributed by atoms with Crippen LogP contribution < -0.4 is 10.6 Å². The van der Waals surface area contributed by atoms with Crippen molar-refractivity contribution < 1.29 is 0 Å². The van der Waals surface area contributed by atoms with Gasteiger partial charge in [0.05, 0.1) is 0 Å². The summed E-state index contributed by atoms with van der Waals surface area (Å²) in [7, 11) is 0. The molecule has 0 heterocycles. The number of hydrogen-bond acceptors (Lipinski definition) is 2. The number of halogens is 1. The second kappa shape index (κ2) is 7.01. The lowest BCUT2D eigenvalue weighted by molar-refractivity contribution is 0.552. The molecule has 102 valence electrons. The van der Waals surface area contributed by atoms with Crippen molar-refractivity contribution in [1.29, 1.82) is 0 Å². The van der Waals surface area contributed by atoms with Crippen molar-refractivity contribution in [3.8, 4) is 0 Å². The minimum absolute atomic E-state index is 0.494. The lowest BCUT2D eigenvalue weighted by atomic mass is 10.1. The molecule has 0 unspecified atom stereocenters. The van der Waals surface area contributed by atoms with Crippen LogP contribution in [0.4, 0.5) is 5.69 Å². The van der Waals surface area contributed by atoms with Gasteiger partial charge in [-0.2, -0.15) is 0 Å². The van der Waals surface area contributed by atoms with Crippen molar-refractivity contribution in [3.05, 3.63) is 28.8 Å². The van der Waals surface area contributed by atoms with Gasteiger partial charge < -0.3 is 10.6 Å². The second-order valence-corrected chi connectivity index (χ2v) is 6.08. The van der Waals surface area contributed by atoms with Gasteiger partial charge in [-0.15, -0.1) is 0 Å². The van der Waals surface area contributed by atoms with E-state index in [-0.39, 0.29) is 0 Å². The van der Waals surface area contributed by atoms with E-state index >= 15 is 0 Å². The summed E-state index contributed by atoms with van der Waals surface area (Å²) in [5, 5.41) is 0.771. The first-order chi connectivity index (χ1) is 8.43. The lowest BCUT2D eigenvalue weighted by Gasteiger charge is -2.29. The number of nitrogens with two attached hydrogens (primary N) is 1. The molecule has 2 nitrogen and oxygen atoms in total. The Hall–Kier alpha value is -0.730. The molecule has 3 heteroatoms. The van der Waals surface area contributed by atoms with Crippen LogP contribution >= 0.6 is 11.6 Å². The van der Waals surface area contributed by atoms with Crippen molar-refractivity contribution in [3.63, 3.8) is 0 Å².